The number of unbranched alkanes of at least 4 members (excludes halogenated alkanes) is 31. The molecule has 6 nitrogen and oxygen atoms in total. The Hall–Kier alpha value is -4.19. The van der Waals surface area contributed by atoms with E-state index in [0.717, 1.165) is 135 Å². The first-order valence-corrected chi connectivity index (χ1v) is 34.5. The van der Waals surface area contributed by atoms with E-state index in [1.165, 1.54) is 148 Å². The van der Waals surface area contributed by atoms with Gasteiger partial charge in [0.2, 0.25) is 0 Å². The van der Waals surface area contributed by atoms with Crippen LogP contribution in [-0.4, -0.2) is 37.2 Å². The van der Waals surface area contributed by atoms with Crippen molar-refractivity contribution in [3.8, 4) is 0 Å². The Morgan fingerprint density at radius 2 is 0.476 bits per heavy atom. The number of carbonyl (C=O) groups is 3. The van der Waals surface area contributed by atoms with Crippen molar-refractivity contribution in [2.75, 3.05) is 13.2 Å². The predicted molar refractivity (Wildman–Crippen MR) is 357 cm³/mol. The normalized spacial score (nSPS) is 12.9. The molecular formula is C76H128O6. The molecule has 468 valence electrons. The monoisotopic (exact) mass is 1140 g/mol. The predicted octanol–water partition coefficient (Wildman–Crippen LogP) is 23.9. The van der Waals surface area contributed by atoms with E-state index in [4.69, 9.17) is 14.2 Å². The number of ether oxygens (including phenoxy) is 3. The van der Waals surface area contributed by atoms with Gasteiger partial charge in [-0.3, -0.25) is 14.4 Å². The van der Waals surface area contributed by atoms with Gasteiger partial charge in [0.25, 0.3) is 0 Å². The lowest BCUT2D eigenvalue weighted by Crippen LogP contribution is -2.30. The van der Waals surface area contributed by atoms with Gasteiger partial charge >= 0.3 is 17.9 Å². The molecule has 0 aliphatic rings. The van der Waals surface area contributed by atoms with Crippen LogP contribution in [0.3, 0.4) is 0 Å². The fraction of sp³-hybridized carbons (Fsp3) is 0.697. The number of hydrogen-bond donors (Lipinski definition) is 0. The second-order valence-electron chi connectivity index (χ2n) is 22.7. The molecule has 0 aliphatic heterocycles. The first-order chi connectivity index (χ1) is 40.5. The van der Waals surface area contributed by atoms with Gasteiger partial charge in [0.05, 0.1) is 0 Å². The average Bonchev–Trinajstić information content (AvgIpc) is 3.47. The number of rotatable bonds is 62. The molecule has 0 aromatic heterocycles. The number of carbonyl (C=O) groups excluding carboxylic acids is 3. The summed E-state index contributed by atoms with van der Waals surface area (Å²) in [5.41, 5.74) is 0. The van der Waals surface area contributed by atoms with Crippen molar-refractivity contribution in [2.45, 2.75) is 329 Å². The van der Waals surface area contributed by atoms with E-state index in [2.05, 4.69) is 142 Å². The Labute approximate surface area is 507 Å². The summed E-state index contributed by atoms with van der Waals surface area (Å²) in [6.07, 6.45) is 96.5. The van der Waals surface area contributed by atoms with Crippen LogP contribution in [-0.2, 0) is 28.6 Å². The van der Waals surface area contributed by atoms with E-state index in [0.29, 0.717) is 19.3 Å². The molecule has 0 N–H and O–H groups in total. The van der Waals surface area contributed by atoms with Gasteiger partial charge in [0, 0.05) is 19.3 Å². The number of esters is 3. The van der Waals surface area contributed by atoms with Crippen molar-refractivity contribution in [1.29, 1.82) is 0 Å². The first-order valence-electron chi connectivity index (χ1n) is 34.5. The van der Waals surface area contributed by atoms with E-state index in [-0.39, 0.29) is 31.1 Å². The molecule has 82 heavy (non-hydrogen) atoms. The minimum absolute atomic E-state index is 0.0864. The zero-order valence-corrected chi connectivity index (χ0v) is 53.7. The van der Waals surface area contributed by atoms with Crippen LogP contribution in [0, 0.1) is 0 Å². The van der Waals surface area contributed by atoms with E-state index < -0.39 is 6.10 Å². The molecule has 0 aromatic rings. The molecule has 0 rings (SSSR count). The van der Waals surface area contributed by atoms with Gasteiger partial charge in [-0.15, -0.1) is 0 Å². The zero-order chi connectivity index (χ0) is 59.2. The maximum absolute atomic E-state index is 12.9. The van der Waals surface area contributed by atoms with Gasteiger partial charge in [-0.1, -0.05) is 296 Å². The van der Waals surface area contributed by atoms with Crippen LogP contribution in [0.1, 0.15) is 323 Å². The van der Waals surface area contributed by atoms with Crippen LogP contribution in [0.5, 0.6) is 0 Å². The highest BCUT2D eigenvalue weighted by atomic mass is 16.6. The molecule has 0 saturated carbocycles. The fourth-order valence-electron chi connectivity index (χ4n) is 9.57. The Morgan fingerprint density at radius 1 is 0.256 bits per heavy atom. The molecule has 0 amide bonds. The van der Waals surface area contributed by atoms with E-state index >= 15 is 0 Å². The second-order valence-corrected chi connectivity index (χ2v) is 22.7. The molecule has 0 spiro atoms. The van der Waals surface area contributed by atoms with Crippen LogP contribution in [0.4, 0.5) is 0 Å². The van der Waals surface area contributed by atoms with Crippen molar-refractivity contribution >= 4 is 17.9 Å². The van der Waals surface area contributed by atoms with Crippen molar-refractivity contribution < 1.29 is 28.6 Å². The number of allylic oxidation sites excluding steroid dienone is 20. The van der Waals surface area contributed by atoms with E-state index in [9.17, 15) is 14.4 Å². The molecule has 0 saturated heterocycles. The van der Waals surface area contributed by atoms with E-state index in [1.807, 2.05) is 0 Å². The molecule has 0 radical (unpaired) electrons. The third kappa shape index (κ3) is 66.6. The van der Waals surface area contributed by atoms with Gasteiger partial charge in [-0.05, 0) is 128 Å². The van der Waals surface area contributed by atoms with Crippen molar-refractivity contribution in [3.05, 3.63) is 122 Å². The van der Waals surface area contributed by atoms with Crippen LogP contribution < -0.4 is 0 Å². The Bertz CT molecular complexity index is 1690. The third-order valence-corrected chi connectivity index (χ3v) is 14.7. The molecule has 0 bridgehead atoms. The van der Waals surface area contributed by atoms with Crippen molar-refractivity contribution in [3.63, 3.8) is 0 Å². The summed E-state index contributed by atoms with van der Waals surface area (Å²) in [5.74, 6) is -0.899. The average molecular weight is 1140 g/mol. The summed E-state index contributed by atoms with van der Waals surface area (Å²) in [7, 11) is 0. The van der Waals surface area contributed by atoms with Crippen LogP contribution in [0.15, 0.2) is 122 Å². The van der Waals surface area contributed by atoms with Crippen LogP contribution >= 0.6 is 0 Å². The quantitative estimate of drug-likeness (QED) is 0.0261. The highest BCUT2D eigenvalue weighted by molar-refractivity contribution is 5.71. The molecule has 1 unspecified atom stereocenters. The number of hydrogen-bond acceptors (Lipinski definition) is 6. The summed E-state index contributed by atoms with van der Waals surface area (Å²) in [6, 6.07) is 0. The maximum Gasteiger partial charge on any atom is 0.306 e. The van der Waals surface area contributed by atoms with Gasteiger partial charge < -0.3 is 14.2 Å². The standard InChI is InChI=1S/C76H128O6/c1-4-7-10-13-16-19-22-25-28-30-32-33-34-35-36-37-38-39-40-41-42-43-45-46-48-51-54-57-60-63-66-69-75(78)81-72-73(71-80-74(77)68-65-62-59-56-53-50-27-24-21-18-15-12-9-6-3)82-76(79)70-67-64-61-58-55-52-49-47-44-31-29-26-23-20-17-14-11-8-5-2/h7-8,10-11,16-17,19-20,24-29,32-33,35-36,44,47,73H,4-6,9,12-15,18,21-23,30-31,34,37-43,45-46,48-72H2,1-3H3/b10-7-,11-8-,19-16-,20-17-,27-24-,28-25-,29-26-,33-32-,36-35-,47-44-. The molecule has 0 aromatic carbocycles. The lowest BCUT2D eigenvalue weighted by Gasteiger charge is -2.18. The molecule has 1 atom stereocenters. The summed E-state index contributed by atoms with van der Waals surface area (Å²) >= 11 is 0. The smallest absolute Gasteiger partial charge is 0.306 e. The highest BCUT2D eigenvalue weighted by Gasteiger charge is 2.19. The SMILES string of the molecule is CC/C=C\C/C=C\C/C=C\C/C=C\C/C=C\CCCCCCCCCCCCCCCCCC(=O)OCC(COC(=O)CCCCCCC/C=C\CCCCCCC)OC(=O)CCCCCCCC/C=C\C/C=C\C/C=C\C/C=C\CC. The summed E-state index contributed by atoms with van der Waals surface area (Å²) in [5, 5.41) is 0. The zero-order valence-electron chi connectivity index (χ0n) is 53.7. The molecule has 0 aliphatic carbocycles. The lowest BCUT2D eigenvalue weighted by atomic mass is 10.0. The summed E-state index contributed by atoms with van der Waals surface area (Å²) in [4.78, 5) is 38.4. The maximum atomic E-state index is 12.9. The molecule has 0 fully saturated rings. The lowest BCUT2D eigenvalue weighted by molar-refractivity contribution is -0.167. The van der Waals surface area contributed by atoms with Crippen molar-refractivity contribution in [1.82, 2.24) is 0 Å². The van der Waals surface area contributed by atoms with Crippen LogP contribution in [0.2, 0.25) is 0 Å². The van der Waals surface area contributed by atoms with Crippen molar-refractivity contribution in [2.24, 2.45) is 0 Å². The van der Waals surface area contributed by atoms with Gasteiger partial charge in [-0.2, -0.15) is 0 Å². The Balaban J connectivity index is 4.27. The largest absolute Gasteiger partial charge is 0.462 e. The second kappa shape index (κ2) is 69.3. The summed E-state index contributed by atoms with van der Waals surface area (Å²) in [6.45, 7) is 6.41. The Kier molecular flexibility index (Phi) is 65.8. The van der Waals surface area contributed by atoms with Gasteiger partial charge in [0.15, 0.2) is 6.10 Å². The minimum Gasteiger partial charge on any atom is -0.462 e. The third-order valence-electron chi connectivity index (χ3n) is 14.7. The fourth-order valence-corrected chi connectivity index (χ4v) is 9.57. The molecule has 6 heteroatoms. The molecule has 0 heterocycles. The van der Waals surface area contributed by atoms with E-state index in [1.54, 1.807) is 0 Å². The summed E-state index contributed by atoms with van der Waals surface area (Å²) < 4.78 is 17.0. The van der Waals surface area contributed by atoms with Gasteiger partial charge in [0.1, 0.15) is 13.2 Å². The molecular weight excluding hydrogens is 1010 g/mol. The topological polar surface area (TPSA) is 78.9 Å². The van der Waals surface area contributed by atoms with Gasteiger partial charge in [-0.25, -0.2) is 0 Å². The highest BCUT2D eigenvalue weighted by Crippen LogP contribution is 2.17. The first kappa shape index (κ1) is 77.8. The van der Waals surface area contributed by atoms with Crippen LogP contribution in [0.25, 0.3) is 0 Å². The minimum atomic E-state index is -0.792. The Morgan fingerprint density at radius 3 is 0.756 bits per heavy atom.